The van der Waals surface area contributed by atoms with Crippen LogP contribution in [0.15, 0.2) is 24.4 Å². The largest absolute Gasteiger partial charge is 0.354 e. The minimum Gasteiger partial charge on any atom is -0.354 e. The number of carbonyl (C=O) groups is 1. The quantitative estimate of drug-likeness (QED) is 0.919. The number of piperazine rings is 1. The van der Waals surface area contributed by atoms with E-state index < -0.39 is 0 Å². The average Bonchev–Trinajstić information content (AvgIpc) is 2.60. The second-order valence-corrected chi connectivity index (χ2v) is 7.39. The predicted octanol–water partition coefficient (Wildman–Crippen LogP) is 2.14. The minimum absolute atomic E-state index is 0.187. The molecule has 0 spiro atoms. The van der Waals surface area contributed by atoms with Crippen molar-refractivity contribution in [1.29, 1.82) is 0 Å². The van der Waals surface area contributed by atoms with Crippen LogP contribution in [0, 0.1) is 11.8 Å². The molecule has 2 fully saturated rings. The highest BCUT2D eigenvalue weighted by molar-refractivity contribution is 5.78. The molecule has 3 atom stereocenters. The monoisotopic (exact) mass is 330 g/mol. The molecule has 1 amide bonds. The van der Waals surface area contributed by atoms with Crippen molar-refractivity contribution >= 4 is 11.7 Å². The first-order valence-corrected chi connectivity index (χ1v) is 9.31. The number of anilines is 1. The number of pyridine rings is 1. The third-order valence-electron chi connectivity index (χ3n) is 5.77. The van der Waals surface area contributed by atoms with Crippen molar-refractivity contribution < 1.29 is 4.79 Å². The van der Waals surface area contributed by atoms with Crippen LogP contribution >= 0.6 is 0 Å². The molecule has 1 N–H and O–H groups in total. The fraction of sp³-hybridized carbons (Fsp3) is 0.684. The molecule has 132 valence electrons. The Balaban J connectivity index is 1.43. The van der Waals surface area contributed by atoms with Crippen LogP contribution in [0.1, 0.15) is 33.1 Å². The first kappa shape index (κ1) is 17.2. The first-order chi connectivity index (χ1) is 11.6. The van der Waals surface area contributed by atoms with Crippen LogP contribution < -0.4 is 10.2 Å². The lowest BCUT2D eigenvalue weighted by Crippen LogP contribution is -2.52. The summed E-state index contributed by atoms with van der Waals surface area (Å²) in [6, 6.07) is 6.37. The van der Waals surface area contributed by atoms with E-state index in [0.717, 1.165) is 38.4 Å². The van der Waals surface area contributed by atoms with Crippen LogP contribution in [0.25, 0.3) is 0 Å². The Morgan fingerprint density at radius 3 is 2.71 bits per heavy atom. The van der Waals surface area contributed by atoms with E-state index in [9.17, 15) is 4.79 Å². The van der Waals surface area contributed by atoms with E-state index in [1.807, 2.05) is 24.4 Å². The first-order valence-electron chi connectivity index (χ1n) is 9.31. The number of nitrogens with one attached hydrogen (secondary N) is 1. The zero-order valence-electron chi connectivity index (χ0n) is 14.9. The standard InChI is InChI=1S/C19H30N4O/c1-15-6-5-7-17(16(15)2)21-19(24)14-22-10-12-23(13-11-22)18-8-3-4-9-20-18/h3-4,8-9,15-17H,5-7,10-14H2,1-2H3,(H,21,24)/t15-,16+,17+/m0/s1. The molecular formula is C19H30N4O. The zero-order chi connectivity index (χ0) is 16.9. The summed E-state index contributed by atoms with van der Waals surface area (Å²) in [7, 11) is 0. The maximum atomic E-state index is 12.4. The molecule has 1 aromatic heterocycles. The van der Waals surface area contributed by atoms with Crippen molar-refractivity contribution in [2.24, 2.45) is 11.8 Å². The van der Waals surface area contributed by atoms with Crippen molar-refractivity contribution in [1.82, 2.24) is 15.2 Å². The molecule has 24 heavy (non-hydrogen) atoms. The van der Waals surface area contributed by atoms with E-state index in [1.165, 1.54) is 12.8 Å². The van der Waals surface area contributed by atoms with Crippen LogP contribution in [-0.4, -0.2) is 54.6 Å². The van der Waals surface area contributed by atoms with Crippen LogP contribution in [0.5, 0.6) is 0 Å². The summed E-state index contributed by atoms with van der Waals surface area (Å²) in [5, 5.41) is 3.28. The molecule has 5 nitrogen and oxygen atoms in total. The second-order valence-electron chi connectivity index (χ2n) is 7.39. The van der Waals surface area contributed by atoms with Crippen LogP contribution in [0.2, 0.25) is 0 Å². The Labute approximate surface area is 145 Å². The molecule has 0 aromatic carbocycles. The lowest BCUT2D eigenvalue weighted by atomic mass is 9.78. The smallest absolute Gasteiger partial charge is 0.234 e. The molecule has 0 radical (unpaired) electrons. The van der Waals surface area contributed by atoms with Crippen molar-refractivity contribution in [3.05, 3.63) is 24.4 Å². The Morgan fingerprint density at radius 2 is 2.00 bits per heavy atom. The van der Waals surface area contributed by atoms with E-state index in [1.54, 1.807) is 0 Å². The molecule has 1 aliphatic heterocycles. The van der Waals surface area contributed by atoms with Gasteiger partial charge in [-0.1, -0.05) is 32.8 Å². The van der Waals surface area contributed by atoms with Gasteiger partial charge in [0.05, 0.1) is 6.54 Å². The van der Waals surface area contributed by atoms with Gasteiger partial charge in [-0.05, 0) is 30.4 Å². The summed E-state index contributed by atoms with van der Waals surface area (Å²) in [6.07, 6.45) is 5.49. The van der Waals surface area contributed by atoms with E-state index in [2.05, 4.69) is 33.9 Å². The molecular weight excluding hydrogens is 300 g/mol. The summed E-state index contributed by atoms with van der Waals surface area (Å²) < 4.78 is 0. The van der Waals surface area contributed by atoms with Gasteiger partial charge in [-0.2, -0.15) is 0 Å². The number of nitrogens with zero attached hydrogens (tertiary/aromatic N) is 3. The van der Waals surface area contributed by atoms with Crippen molar-refractivity contribution in [3.63, 3.8) is 0 Å². The molecule has 1 saturated carbocycles. The van der Waals surface area contributed by atoms with Gasteiger partial charge in [0, 0.05) is 38.4 Å². The molecule has 0 unspecified atom stereocenters. The van der Waals surface area contributed by atoms with E-state index >= 15 is 0 Å². The molecule has 1 aliphatic carbocycles. The third kappa shape index (κ3) is 4.26. The van der Waals surface area contributed by atoms with Gasteiger partial charge < -0.3 is 10.2 Å². The Morgan fingerprint density at radius 1 is 1.21 bits per heavy atom. The fourth-order valence-electron chi connectivity index (χ4n) is 3.92. The van der Waals surface area contributed by atoms with Gasteiger partial charge in [0.2, 0.25) is 5.91 Å². The van der Waals surface area contributed by atoms with Gasteiger partial charge in [0.25, 0.3) is 0 Å². The number of carbonyl (C=O) groups excluding carboxylic acids is 1. The molecule has 5 heteroatoms. The number of amides is 1. The lowest BCUT2D eigenvalue weighted by Gasteiger charge is -2.37. The summed E-state index contributed by atoms with van der Waals surface area (Å²) >= 11 is 0. The van der Waals surface area contributed by atoms with Crippen LogP contribution in [0.3, 0.4) is 0 Å². The fourth-order valence-corrected chi connectivity index (χ4v) is 3.92. The molecule has 2 aliphatic rings. The van der Waals surface area contributed by atoms with Gasteiger partial charge in [-0.25, -0.2) is 4.98 Å². The number of aromatic nitrogens is 1. The Kier molecular flexibility index (Phi) is 5.72. The van der Waals surface area contributed by atoms with Gasteiger partial charge in [-0.3, -0.25) is 9.69 Å². The summed E-state index contributed by atoms with van der Waals surface area (Å²) in [5.41, 5.74) is 0. The lowest BCUT2D eigenvalue weighted by molar-refractivity contribution is -0.123. The molecule has 1 saturated heterocycles. The number of hydrogen-bond donors (Lipinski definition) is 1. The van der Waals surface area contributed by atoms with Crippen LogP contribution in [0.4, 0.5) is 5.82 Å². The maximum absolute atomic E-state index is 12.4. The van der Waals surface area contributed by atoms with Crippen molar-refractivity contribution in [3.8, 4) is 0 Å². The highest BCUT2D eigenvalue weighted by Crippen LogP contribution is 2.29. The summed E-state index contributed by atoms with van der Waals surface area (Å²) in [5.74, 6) is 2.52. The summed E-state index contributed by atoms with van der Waals surface area (Å²) in [6.45, 7) is 8.80. The summed E-state index contributed by atoms with van der Waals surface area (Å²) in [4.78, 5) is 21.4. The highest BCUT2D eigenvalue weighted by atomic mass is 16.2. The molecule has 1 aromatic rings. The molecule has 3 rings (SSSR count). The minimum atomic E-state index is 0.187. The third-order valence-corrected chi connectivity index (χ3v) is 5.77. The molecule has 2 heterocycles. The maximum Gasteiger partial charge on any atom is 0.234 e. The zero-order valence-corrected chi connectivity index (χ0v) is 14.9. The van der Waals surface area contributed by atoms with E-state index in [4.69, 9.17) is 0 Å². The average molecular weight is 330 g/mol. The second kappa shape index (κ2) is 7.97. The van der Waals surface area contributed by atoms with Gasteiger partial charge in [0.1, 0.15) is 5.82 Å². The Bertz CT molecular complexity index is 527. The van der Waals surface area contributed by atoms with E-state index in [-0.39, 0.29) is 5.91 Å². The topological polar surface area (TPSA) is 48.5 Å². The van der Waals surface area contributed by atoms with Crippen molar-refractivity contribution in [2.75, 3.05) is 37.6 Å². The van der Waals surface area contributed by atoms with Crippen molar-refractivity contribution in [2.45, 2.75) is 39.2 Å². The van der Waals surface area contributed by atoms with E-state index in [0.29, 0.717) is 24.4 Å². The predicted molar refractivity (Wildman–Crippen MR) is 97.0 cm³/mol. The van der Waals surface area contributed by atoms with Gasteiger partial charge in [-0.15, -0.1) is 0 Å². The normalized spacial score (nSPS) is 28.6. The number of rotatable bonds is 4. The SMILES string of the molecule is C[C@@H]1[C@@H](C)CCC[C@H]1NC(=O)CN1CCN(c2ccccn2)CC1. The number of hydrogen-bond acceptors (Lipinski definition) is 4. The van der Waals surface area contributed by atoms with Crippen LogP contribution in [-0.2, 0) is 4.79 Å². The Hall–Kier alpha value is -1.62. The highest BCUT2D eigenvalue weighted by Gasteiger charge is 2.28. The molecule has 0 bridgehead atoms. The van der Waals surface area contributed by atoms with Gasteiger partial charge in [0.15, 0.2) is 0 Å². The van der Waals surface area contributed by atoms with Gasteiger partial charge >= 0.3 is 0 Å².